The largest absolute Gasteiger partial charge is 0.416 e. The molecule has 0 spiro atoms. The fraction of sp³-hybridized carbons (Fsp3) is 0.583. The molecule has 0 aliphatic rings. The highest BCUT2D eigenvalue weighted by Crippen LogP contribution is 2.43. The number of benzene rings is 1. The van der Waals surface area contributed by atoms with E-state index in [4.69, 9.17) is 23.4 Å². The molecule has 0 aliphatic carbocycles. The second kappa shape index (κ2) is 19.2. The van der Waals surface area contributed by atoms with Crippen molar-refractivity contribution in [1.29, 1.82) is 0 Å². The van der Waals surface area contributed by atoms with Crippen LogP contribution in [0.3, 0.4) is 0 Å². The summed E-state index contributed by atoms with van der Waals surface area (Å²) in [6, 6.07) is 12.4. The summed E-state index contributed by atoms with van der Waals surface area (Å²) in [5, 5.41) is 2.12. The molecule has 0 saturated carbocycles. The predicted molar refractivity (Wildman–Crippen MR) is 191 cm³/mol. The van der Waals surface area contributed by atoms with Crippen molar-refractivity contribution in [2.45, 2.75) is 91.6 Å². The third-order valence-electron chi connectivity index (χ3n) is 8.31. The van der Waals surface area contributed by atoms with Crippen molar-refractivity contribution in [3.8, 4) is 20.2 Å². The van der Waals surface area contributed by atoms with E-state index in [1.54, 1.807) is 22.7 Å². The van der Waals surface area contributed by atoms with E-state index in [9.17, 15) is 4.79 Å². The fourth-order valence-corrected chi connectivity index (χ4v) is 14.0. The van der Waals surface area contributed by atoms with E-state index in [0.717, 1.165) is 21.6 Å². The minimum Gasteiger partial charge on any atom is -0.416 e. The number of Topliss-reactive ketones (excluding diaryl/α,β-unsaturated/α-hetero) is 1. The van der Waals surface area contributed by atoms with Crippen LogP contribution in [-0.4, -0.2) is 60.3 Å². The maximum absolute atomic E-state index is 13.2. The number of carbonyl (C=O) groups is 1. The van der Waals surface area contributed by atoms with Crippen LogP contribution in [0.15, 0.2) is 41.8 Å². The van der Waals surface area contributed by atoms with Crippen molar-refractivity contribution in [1.82, 2.24) is 0 Å². The van der Waals surface area contributed by atoms with Gasteiger partial charge in [0.2, 0.25) is 0 Å². The smallest absolute Gasteiger partial charge is 0.200 e. The van der Waals surface area contributed by atoms with Crippen molar-refractivity contribution in [2.75, 3.05) is 46.2 Å². The normalized spacial score (nSPS) is 12.2. The third kappa shape index (κ3) is 10.4. The van der Waals surface area contributed by atoms with Crippen molar-refractivity contribution < 1.29 is 28.2 Å². The number of ketones is 1. The molecule has 0 N–H and O–H groups in total. The van der Waals surface area contributed by atoms with Gasteiger partial charge >= 0.3 is 0 Å². The molecule has 6 nitrogen and oxygen atoms in total. The summed E-state index contributed by atoms with van der Waals surface area (Å²) in [4.78, 5) is 16.7. The minimum atomic E-state index is -1.99. The Morgan fingerprint density at radius 3 is 1.82 bits per heavy atom. The summed E-state index contributed by atoms with van der Waals surface area (Å²) < 4.78 is 29.5. The Hall–Kier alpha value is -1.69. The van der Waals surface area contributed by atoms with Gasteiger partial charge in [-0.05, 0) is 64.7 Å². The summed E-state index contributed by atoms with van der Waals surface area (Å²) >= 11 is 3.48. The first-order valence-electron chi connectivity index (χ1n) is 16.4. The lowest BCUT2D eigenvalue weighted by molar-refractivity contribution is 0.0451. The molecule has 0 radical (unpaired) electrons. The molecule has 0 saturated heterocycles. The zero-order chi connectivity index (χ0) is 32.8. The van der Waals surface area contributed by atoms with Crippen LogP contribution >= 0.6 is 22.7 Å². The molecule has 1 aromatic carbocycles. The molecule has 2 aromatic heterocycles. The number of thiophene rings is 2. The van der Waals surface area contributed by atoms with E-state index < -0.39 is 8.32 Å². The van der Waals surface area contributed by atoms with Crippen molar-refractivity contribution in [3.05, 3.63) is 58.5 Å². The summed E-state index contributed by atoms with van der Waals surface area (Å²) in [5.74, 6) is 0.128. The van der Waals surface area contributed by atoms with Gasteiger partial charge in [-0.25, -0.2) is 0 Å². The molecule has 0 unspecified atom stereocenters. The van der Waals surface area contributed by atoms with Gasteiger partial charge in [0.05, 0.1) is 49.4 Å². The van der Waals surface area contributed by atoms with E-state index in [-0.39, 0.29) is 5.78 Å². The van der Waals surface area contributed by atoms with Crippen LogP contribution in [0.5, 0.6) is 0 Å². The number of hydrogen-bond donors (Lipinski definition) is 0. The van der Waals surface area contributed by atoms with Crippen LogP contribution in [-0.2, 0) is 36.6 Å². The molecule has 3 aromatic rings. The maximum Gasteiger partial charge on any atom is 0.200 e. The molecule has 0 bridgehead atoms. The summed E-state index contributed by atoms with van der Waals surface area (Å²) in [7, 11) is -1.99. The van der Waals surface area contributed by atoms with Crippen LogP contribution in [0.25, 0.3) is 20.2 Å². The van der Waals surface area contributed by atoms with E-state index in [1.165, 1.54) is 15.3 Å². The molecule has 9 heteroatoms. The van der Waals surface area contributed by atoms with Gasteiger partial charge in [-0.1, -0.05) is 65.8 Å². The van der Waals surface area contributed by atoms with Crippen molar-refractivity contribution >= 4 is 36.8 Å². The quantitative estimate of drug-likeness (QED) is 0.0601. The summed E-state index contributed by atoms with van der Waals surface area (Å²) in [6.45, 7) is 22.8. The van der Waals surface area contributed by atoms with Crippen LogP contribution in [0.2, 0.25) is 16.6 Å². The second-order valence-corrected chi connectivity index (χ2v) is 19.6. The predicted octanol–water partition coefficient (Wildman–Crippen LogP) is 10.0. The summed E-state index contributed by atoms with van der Waals surface area (Å²) in [6.07, 6.45) is 0.403. The van der Waals surface area contributed by atoms with Gasteiger partial charge in [0.1, 0.15) is 0 Å². The Kier molecular flexibility index (Phi) is 16.1. The van der Waals surface area contributed by atoms with Crippen LogP contribution in [0.4, 0.5) is 0 Å². The molecule has 250 valence electrons. The highest BCUT2D eigenvalue weighted by Gasteiger charge is 2.44. The number of ether oxygens (including phenoxy) is 4. The van der Waals surface area contributed by atoms with E-state index in [2.05, 4.69) is 71.2 Å². The van der Waals surface area contributed by atoms with E-state index in [1.807, 2.05) is 26.0 Å². The molecule has 0 fully saturated rings. The lowest BCUT2D eigenvalue weighted by Crippen LogP contribution is -2.48. The van der Waals surface area contributed by atoms with Gasteiger partial charge in [-0.2, -0.15) is 0 Å². The highest BCUT2D eigenvalue weighted by atomic mass is 32.1. The average molecular weight is 675 g/mol. The van der Waals surface area contributed by atoms with Crippen LogP contribution in [0, 0.1) is 0 Å². The molecule has 2 heterocycles. The lowest BCUT2D eigenvalue weighted by atomic mass is 10.1. The van der Waals surface area contributed by atoms with Gasteiger partial charge in [0.15, 0.2) is 14.1 Å². The van der Waals surface area contributed by atoms with Crippen LogP contribution < -0.4 is 0 Å². The topological polar surface area (TPSA) is 63.2 Å². The monoisotopic (exact) mass is 674 g/mol. The lowest BCUT2D eigenvalue weighted by Gasteiger charge is -2.42. The Morgan fingerprint density at radius 2 is 1.27 bits per heavy atom. The van der Waals surface area contributed by atoms with Gasteiger partial charge < -0.3 is 23.4 Å². The van der Waals surface area contributed by atoms with E-state index >= 15 is 0 Å². The zero-order valence-electron chi connectivity index (χ0n) is 28.6. The molecule has 3 rings (SSSR count). The minimum absolute atomic E-state index is 0.128. The Balaban J connectivity index is 1.75. The average Bonchev–Trinajstić information content (AvgIpc) is 3.65. The Morgan fingerprint density at radius 1 is 0.711 bits per heavy atom. The van der Waals surface area contributed by atoms with Crippen molar-refractivity contribution in [3.63, 3.8) is 0 Å². The standard InChI is InChI=1S/C36H54O6S2Si/c1-9-38-18-20-40-24-31-16-22-43-35(31)36-32(25-41-21-19-39-10-2)23-34(44-36)30-13-11-29(12-14-30)33(37)15-17-42-45(26(3)4,27(5)6)28(7)8/h11-14,16,22-23,26-28H,9-10,15,17-21,24-25H2,1-8H3. The zero-order valence-corrected chi connectivity index (χ0v) is 31.2. The number of carbonyl (C=O) groups excluding carboxylic acids is 1. The molecular weight excluding hydrogens is 621 g/mol. The third-order valence-corrected chi connectivity index (χ3v) is 16.8. The van der Waals surface area contributed by atoms with Gasteiger partial charge in [0.25, 0.3) is 0 Å². The Bertz CT molecular complexity index is 1260. The van der Waals surface area contributed by atoms with E-state index in [0.29, 0.717) is 82.5 Å². The van der Waals surface area contributed by atoms with Gasteiger partial charge in [-0.3, -0.25) is 4.79 Å². The van der Waals surface area contributed by atoms with Crippen LogP contribution in [0.1, 0.15) is 83.3 Å². The SMILES string of the molecule is CCOCCOCc1ccsc1-c1sc(-c2ccc(C(=O)CCO[Si](C(C)C)(C(C)C)C(C)C)cc2)cc1COCCOCC. The van der Waals surface area contributed by atoms with Gasteiger partial charge in [-0.15, -0.1) is 22.7 Å². The molecule has 0 amide bonds. The number of hydrogen-bond acceptors (Lipinski definition) is 8. The molecule has 0 atom stereocenters. The van der Waals surface area contributed by atoms with Gasteiger partial charge in [0, 0.05) is 36.7 Å². The Labute approximate surface area is 280 Å². The first-order chi connectivity index (χ1) is 21.6. The van der Waals surface area contributed by atoms with Crippen molar-refractivity contribution in [2.24, 2.45) is 0 Å². The second-order valence-electron chi connectivity index (χ2n) is 12.2. The first-order valence-corrected chi connectivity index (χ1v) is 20.3. The molecule has 0 aliphatic heterocycles. The highest BCUT2D eigenvalue weighted by molar-refractivity contribution is 7.23. The molecule has 45 heavy (non-hydrogen) atoms. The summed E-state index contributed by atoms with van der Waals surface area (Å²) in [5.41, 5.74) is 5.64. The number of rotatable bonds is 22. The first kappa shape index (κ1) is 37.8. The maximum atomic E-state index is 13.2. The molecular formula is C36H54O6S2Si. The fourth-order valence-electron chi connectivity index (χ4n) is 6.19.